The van der Waals surface area contributed by atoms with E-state index in [2.05, 4.69) is 25.5 Å². The van der Waals surface area contributed by atoms with Crippen LogP contribution < -0.4 is 15.8 Å². The first-order chi connectivity index (χ1) is 14.4. The number of rotatable bonds is 8. The first-order valence-electron chi connectivity index (χ1n) is 9.83. The number of carbonyl (C=O) groups is 1. The fourth-order valence-corrected chi connectivity index (χ4v) is 3.21. The monoisotopic (exact) mass is 435 g/mol. The first kappa shape index (κ1) is 22.0. The molecule has 3 heterocycles. The Balaban J connectivity index is 1.34. The second kappa shape index (κ2) is 10.4. The lowest BCUT2D eigenvalue weighted by molar-refractivity contribution is -0.132. The molecular formula is C19H26ClN7O3. The summed E-state index contributed by atoms with van der Waals surface area (Å²) in [4.78, 5) is 36.3. The molecule has 0 unspecified atom stereocenters. The van der Waals surface area contributed by atoms with E-state index in [1.54, 1.807) is 25.5 Å². The minimum Gasteiger partial charge on any atom is -0.379 e. The third-order valence-electron chi connectivity index (χ3n) is 4.86. The van der Waals surface area contributed by atoms with Crippen LogP contribution in [0.25, 0.3) is 0 Å². The number of nitrogens with one attached hydrogen (secondary N) is 2. The summed E-state index contributed by atoms with van der Waals surface area (Å²) in [6, 6.07) is -0.0228. The van der Waals surface area contributed by atoms with Crippen LogP contribution in [0.3, 0.4) is 0 Å². The molecule has 1 aliphatic rings. The number of carbonyl (C=O) groups excluding carboxylic acids is 1. The lowest BCUT2D eigenvalue weighted by Gasteiger charge is -2.34. The minimum absolute atomic E-state index is 0.0228. The van der Waals surface area contributed by atoms with E-state index in [4.69, 9.17) is 16.3 Å². The summed E-state index contributed by atoms with van der Waals surface area (Å²) >= 11 is 5.82. The largest absolute Gasteiger partial charge is 0.379 e. The molecule has 0 saturated carbocycles. The maximum atomic E-state index is 12.4. The van der Waals surface area contributed by atoms with Gasteiger partial charge >= 0.3 is 0 Å². The molecule has 2 aromatic rings. The molecule has 2 N–H and O–H groups in total. The molecule has 1 saturated heterocycles. The van der Waals surface area contributed by atoms with Gasteiger partial charge in [-0.3, -0.25) is 9.59 Å². The van der Waals surface area contributed by atoms with E-state index in [0.29, 0.717) is 68.0 Å². The summed E-state index contributed by atoms with van der Waals surface area (Å²) < 4.78 is 5.64. The Morgan fingerprint density at radius 2 is 1.97 bits per heavy atom. The fourth-order valence-electron chi connectivity index (χ4n) is 3.11. The third kappa shape index (κ3) is 5.90. The molecule has 3 rings (SSSR count). The van der Waals surface area contributed by atoms with E-state index in [0.717, 1.165) is 0 Å². The maximum absolute atomic E-state index is 12.4. The Bertz CT molecular complexity index is 898. The molecule has 0 radical (unpaired) electrons. The topological polar surface area (TPSA) is 116 Å². The van der Waals surface area contributed by atoms with Crippen LogP contribution >= 0.6 is 11.6 Å². The van der Waals surface area contributed by atoms with E-state index in [1.165, 1.54) is 0 Å². The Kier molecular flexibility index (Phi) is 7.58. The van der Waals surface area contributed by atoms with Gasteiger partial charge in [0.05, 0.1) is 48.9 Å². The van der Waals surface area contributed by atoms with Crippen molar-refractivity contribution < 1.29 is 9.53 Å². The van der Waals surface area contributed by atoms with Crippen LogP contribution in [0, 0.1) is 6.92 Å². The van der Waals surface area contributed by atoms with Gasteiger partial charge < -0.3 is 19.9 Å². The molecule has 11 heteroatoms. The molecule has 0 spiro atoms. The smallest absolute Gasteiger partial charge is 0.269 e. The van der Waals surface area contributed by atoms with E-state index < -0.39 is 0 Å². The second-order valence-corrected chi connectivity index (χ2v) is 7.61. The molecule has 30 heavy (non-hydrogen) atoms. The standard InChI is InChI=1S/C19H26ClN7O3/c1-13(24-16-11-23-25-18(29)14(16)2)12-30-8-3-17(28)26-4-6-27(7-5-26)19-21-9-15(20)10-22-19/h9-11,13H,3-8,12H2,1-2H3,(H2,24,25,29)/t13-/m1/s1. The van der Waals surface area contributed by atoms with Crippen molar-refractivity contribution in [3.63, 3.8) is 0 Å². The molecule has 162 valence electrons. The number of hydrogen-bond acceptors (Lipinski definition) is 8. The molecule has 2 aromatic heterocycles. The van der Waals surface area contributed by atoms with Crippen LogP contribution in [0.2, 0.25) is 5.02 Å². The number of anilines is 2. The van der Waals surface area contributed by atoms with Crippen LogP contribution in [0.1, 0.15) is 18.9 Å². The lowest BCUT2D eigenvalue weighted by Crippen LogP contribution is -2.49. The van der Waals surface area contributed by atoms with Crippen LogP contribution in [-0.4, -0.2) is 76.4 Å². The van der Waals surface area contributed by atoms with Gasteiger partial charge in [-0.2, -0.15) is 5.10 Å². The van der Waals surface area contributed by atoms with Crippen molar-refractivity contribution in [1.29, 1.82) is 0 Å². The predicted octanol–water partition coefficient (Wildman–Crippen LogP) is 1.08. The molecule has 0 aliphatic carbocycles. The zero-order valence-electron chi connectivity index (χ0n) is 17.1. The highest BCUT2D eigenvalue weighted by atomic mass is 35.5. The second-order valence-electron chi connectivity index (χ2n) is 7.18. The molecule has 1 amide bonds. The summed E-state index contributed by atoms with van der Waals surface area (Å²) in [5.41, 5.74) is 1.03. The van der Waals surface area contributed by atoms with Gasteiger partial charge in [0.1, 0.15) is 0 Å². The van der Waals surface area contributed by atoms with Gasteiger partial charge in [0.15, 0.2) is 0 Å². The van der Waals surface area contributed by atoms with Crippen molar-refractivity contribution >= 4 is 29.1 Å². The van der Waals surface area contributed by atoms with E-state index in [1.807, 2.05) is 16.7 Å². The molecule has 1 atom stereocenters. The molecule has 10 nitrogen and oxygen atoms in total. The van der Waals surface area contributed by atoms with Crippen molar-refractivity contribution in [2.24, 2.45) is 0 Å². The molecule has 0 aromatic carbocycles. The Morgan fingerprint density at radius 3 is 2.67 bits per heavy atom. The van der Waals surface area contributed by atoms with Crippen LogP contribution in [0.5, 0.6) is 0 Å². The highest BCUT2D eigenvalue weighted by Crippen LogP contribution is 2.13. The minimum atomic E-state index is -0.221. The molecule has 0 bridgehead atoms. The van der Waals surface area contributed by atoms with Crippen LogP contribution in [-0.2, 0) is 9.53 Å². The zero-order chi connectivity index (χ0) is 21.5. The number of ether oxygens (including phenoxy) is 1. The molecular weight excluding hydrogens is 410 g/mol. The fraction of sp³-hybridized carbons (Fsp3) is 0.526. The van der Waals surface area contributed by atoms with Gasteiger partial charge in [0, 0.05) is 37.8 Å². The average Bonchev–Trinajstić information content (AvgIpc) is 2.75. The number of nitrogens with zero attached hydrogens (tertiary/aromatic N) is 5. The number of piperazine rings is 1. The Morgan fingerprint density at radius 1 is 1.27 bits per heavy atom. The number of amides is 1. The molecule has 1 fully saturated rings. The van der Waals surface area contributed by atoms with E-state index in [-0.39, 0.29) is 17.5 Å². The van der Waals surface area contributed by atoms with Crippen molar-refractivity contribution in [2.75, 3.05) is 49.6 Å². The number of aromatic amines is 1. The van der Waals surface area contributed by atoms with Crippen LogP contribution in [0.4, 0.5) is 11.6 Å². The Hall–Kier alpha value is -2.72. The number of hydrogen-bond donors (Lipinski definition) is 2. The van der Waals surface area contributed by atoms with Gasteiger partial charge in [0.2, 0.25) is 11.9 Å². The predicted molar refractivity (Wildman–Crippen MR) is 114 cm³/mol. The highest BCUT2D eigenvalue weighted by molar-refractivity contribution is 6.30. The third-order valence-corrected chi connectivity index (χ3v) is 5.05. The summed E-state index contributed by atoms with van der Waals surface area (Å²) in [5, 5.41) is 9.88. The number of H-pyrrole nitrogens is 1. The van der Waals surface area contributed by atoms with Crippen molar-refractivity contribution in [2.45, 2.75) is 26.3 Å². The summed E-state index contributed by atoms with van der Waals surface area (Å²) in [6.07, 6.45) is 5.05. The van der Waals surface area contributed by atoms with Crippen molar-refractivity contribution in [1.82, 2.24) is 25.1 Å². The van der Waals surface area contributed by atoms with Gasteiger partial charge in [-0.15, -0.1) is 0 Å². The van der Waals surface area contributed by atoms with Crippen molar-refractivity contribution in [3.05, 3.63) is 39.5 Å². The van der Waals surface area contributed by atoms with E-state index in [9.17, 15) is 9.59 Å². The van der Waals surface area contributed by atoms with Gasteiger partial charge in [-0.1, -0.05) is 11.6 Å². The Labute approximate surface area is 179 Å². The maximum Gasteiger partial charge on any atom is 0.269 e. The van der Waals surface area contributed by atoms with Gasteiger partial charge in [-0.05, 0) is 13.8 Å². The normalized spacial score (nSPS) is 15.2. The first-order valence-corrected chi connectivity index (χ1v) is 10.2. The number of aromatic nitrogens is 4. The van der Waals surface area contributed by atoms with E-state index >= 15 is 0 Å². The van der Waals surface area contributed by atoms with Crippen molar-refractivity contribution in [3.8, 4) is 0 Å². The molecule has 1 aliphatic heterocycles. The van der Waals surface area contributed by atoms with Crippen LogP contribution in [0.15, 0.2) is 23.4 Å². The summed E-state index contributed by atoms with van der Waals surface area (Å²) in [6.45, 7) is 7.04. The SMILES string of the molecule is Cc1c(N[C@H](C)COCCC(=O)N2CCN(c3ncc(Cl)cn3)CC2)cn[nH]c1=O. The quantitative estimate of drug-likeness (QED) is 0.591. The average molecular weight is 436 g/mol. The summed E-state index contributed by atoms with van der Waals surface area (Å²) in [7, 11) is 0. The highest BCUT2D eigenvalue weighted by Gasteiger charge is 2.22. The number of halogens is 1. The van der Waals surface area contributed by atoms with Gasteiger partial charge in [0.25, 0.3) is 5.56 Å². The zero-order valence-corrected chi connectivity index (χ0v) is 17.9. The lowest BCUT2D eigenvalue weighted by atomic mass is 10.2. The summed E-state index contributed by atoms with van der Waals surface area (Å²) in [5.74, 6) is 0.698. The van der Waals surface area contributed by atoms with Gasteiger partial charge in [-0.25, -0.2) is 15.1 Å².